The lowest BCUT2D eigenvalue weighted by Crippen LogP contribution is -2.40. The van der Waals surface area contributed by atoms with Crippen LogP contribution in [0, 0.1) is 0 Å². The first-order valence-corrected chi connectivity index (χ1v) is 10.8. The van der Waals surface area contributed by atoms with Gasteiger partial charge in [-0.15, -0.1) is 0 Å². The highest BCUT2D eigenvalue weighted by Crippen LogP contribution is 2.27. The Morgan fingerprint density at radius 3 is 2.74 bits per heavy atom. The van der Waals surface area contributed by atoms with Crippen LogP contribution in [-0.4, -0.2) is 59.7 Å². The van der Waals surface area contributed by atoms with Crippen LogP contribution >= 0.6 is 0 Å². The fraction of sp³-hybridized carbons (Fsp3) is 0.667. The molecule has 1 atom stereocenters. The minimum atomic E-state index is -5.21. The van der Waals surface area contributed by atoms with Crippen LogP contribution in [-0.2, 0) is 27.2 Å². The van der Waals surface area contributed by atoms with Gasteiger partial charge < -0.3 is 20.7 Å². The van der Waals surface area contributed by atoms with Gasteiger partial charge in [0.25, 0.3) is 0 Å². The molecule has 0 aromatic carbocycles. The lowest BCUT2D eigenvalue weighted by atomic mass is 10.1. The Morgan fingerprint density at radius 1 is 1.26 bits per heavy atom. The molecule has 1 aliphatic heterocycles. The van der Waals surface area contributed by atoms with E-state index in [1.807, 2.05) is 0 Å². The van der Waals surface area contributed by atoms with Crippen molar-refractivity contribution in [2.75, 3.05) is 25.0 Å². The largest absolute Gasteiger partial charge is 0.491 e. The number of alkyl halides is 3. The van der Waals surface area contributed by atoms with Crippen molar-refractivity contribution in [1.29, 1.82) is 0 Å². The molecule has 1 saturated carbocycles. The smallest absolute Gasteiger partial charge is 0.385 e. The van der Waals surface area contributed by atoms with E-state index >= 15 is 0 Å². The number of fused-ring (bicyclic) bond motifs is 1. The number of carbonyl (C=O) groups excluding carboxylic acids is 2. The van der Waals surface area contributed by atoms with Crippen LogP contribution in [0.1, 0.15) is 49.8 Å². The van der Waals surface area contributed by atoms with Gasteiger partial charge in [0.2, 0.25) is 0 Å². The summed E-state index contributed by atoms with van der Waals surface area (Å²) >= 11 is 0. The van der Waals surface area contributed by atoms with Crippen molar-refractivity contribution in [2.45, 2.75) is 69.6 Å². The van der Waals surface area contributed by atoms with Crippen molar-refractivity contribution in [3.8, 4) is 0 Å². The van der Waals surface area contributed by atoms with Crippen molar-refractivity contribution in [2.24, 2.45) is 5.73 Å². The Kier molecular flexibility index (Phi) is 7.88. The highest BCUT2D eigenvalue weighted by Gasteiger charge is 2.43. The third-order valence-electron chi connectivity index (χ3n) is 5.60. The maximum atomic E-state index is 12.2. The molecule has 1 aliphatic carbocycles. The number of pyridine rings is 1. The Balaban J connectivity index is 1.38. The Hall–Kier alpha value is -2.20. The summed E-state index contributed by atoms with van der Waals surface area (Å²) in [6, 6.07) is 3.38. The van der Waals surface area contributed by atoms with E-state index in [1.165, 1.54) is 5.56 Å². The number of nitrogens with zero attached hydrogens (tertiary/aromatic N) is 2. The van der Waals surface area contributed by atoms with Crippen molar-refractivity contribution in [3.05, 3.63) is 23.4 Å². The van der Waals surface area contributed by atoms with Gasteiger partial charge in [-0.1, -0.05) is 6.07 Å². The van der Waals surface area contributed by atoms with Crippen LogP contribution in [0.4, 0.5) is 19.0 Å². The lowest BCUT2D eigenvalue weighted by Gasteiger charge is -2.23. The molecule has 2 heterocycles. The second kappa shape index (κ2) is 10.4. The van der Waals surface area contributed by atoms with Crippen LogP contribution in [0.15, 0.2) is 12.1 Å². The van der Waals surface area contributed by atoms with E-state index in [0.29, 0.717) is 12.6 Å². The SMILES string of the molecule is NC(CCN(CCCCc1ccc2c(n1)NCCC2)C1CC1)C(=O)OC(=O)C(F)(F)F. The maximum Gasteiger partial charge on any atom is 0.491 e. The zero-order valence-electron chi connectivity index (χ0n) is 17.4. The summed E-state index contributed by atoms with van der Waals surface area (Å²) in [4.78, 5) is 29.3. The average Bonchev–Trinajstić information content (AvgIpc) is 3.57. The third-order valence-corrected chi connectivity index (χ3v) is 5.60. The standard InChI is InChI=1S/C21H29F3N4O3/c22-21(23,24)20(30)31-19(29)17(25)10-13-28(16-8-9-16)12-2-1-5-15-7-6-14-4-3-11-26-18(14)27-15/h6-7,16-17H,1-5,8-13,25H2,(H,26,27). The molecule has 10 heteroatoms. The van der Waals surface area contributed by atoms with Gasteiger partial charge >= 0.3 is 18.1 Å². The molecule has 2 aliphatic rings. The molecule has 31 heavy (non-hydrogen) atoms. The summed E-state index contributed by atoms with van der Waals surface area (Å²) in [5.74, 6) is -2.88. The van der Waals surface area contributed by atoms with E-state index in [-0.39, 0.29) is 6.42 Å². The second-order valence-electron chi connectivity index (χ2n) is 8.17. The highest BCUT2D eigenvalue weighted by molar-refractivity contribution is 5.90. The lowest BCUT2D eigenvalue weighted by molar-refractivity contribution is -0.202. The third kappa shape index (κ3) is 7.17. The number of anilines is 1. The van der Waals surface area contributed by atoms with Crippen LogP contribution in [0.3, 0.4) is 0 Å². The van der Waals surface area contributed by atoms with Gasteiger partial charge in [0.05, 0.1) is 0 Å². The molecule has 0 bridgehead atoms. The summed E-state index contributed by atoms with van der Waals surface area (Å²) in [5.41, 5.74) is 7.96. The van der Waals surface area contributed by atoms with E-state index in [9.17, 15) is 22.8 Å². The van der Waals surface area contributed by atoms with Crippen molar-refractivity contribution < 1.29 is 27.5 Å². The number of unbranched alkanes of at least 4 members (excludes halogenated alkanes) is 1. The molecule has 7 nitrogen and oxygen atoms in total. The van der Waals surface area contributed by atoms with Gasteiger partial charge in [-0.3, -0.25) is 0 Å². The summed E-state index contributed by atoms with van der Waals surface area (Å²) in [7, 11) is 0. The maximum absolute atomic E-state index is 12.2. The Bertz CT molecular complexity index is 784. The number of esters is 2. The number of halogens is 3. The summed E-state index contributed by atoms with van der Waals surface area (Å²) < 4.78 is 40.4. The van der Waals surface area contributed by atoms with Crippen LogP contribution in [0.2, 0.25) is 0 Å². The molecule has 0 spiro atoms. The first-order valence-electron chi connectivity index (χ1n) is 10.8. The number of hydrogen-bond donors (Lipinski definition) is 2. The van der Waals surface area contributed by atoms with E-state index in [1.54, 1.807) is 0 Å². The summed E-state index contributed by atoms with van der Waals surface area (Å²) in [5, 5.41) is 3.34. The predicted octanol–water partition coefficient (Wildman–Crippen LogP) is 2.58. The molecule has 1 aromatic heterocycles. The van der Waals surface area contributed by atoms with Crippen molar-refractivity contribution in [3.63, 3.8) is 0 Å². The zero-order chi connectivity index (χ0) is 22.4. The topological polar surface area (TPSA) is 97.6 Å². The quantitative estimate of drug-likeness (QED) is 0.327. The number of nitrogens with two attached hydrogens (primary N) is 1. The summed E-state index contributed by atoms with van der Waals surface area (Å²) in [6.07, 6.45) is 2.01. The van der Waals surface area contributed by atoms with E-state index < -0.39 is 24.2 Å². The number of carbonyl (C=O) groups is 2. The summed E-state index contributed by atoms with van der Waals surface area (Å²) in [6.45, 7) is 2.25. The first kappa shape index (κ1) is 23.5. The van der Waals surface area contributed by atoms with E-state index in [4.69, 9.17) is 10.7 Å². The molecular formula is C21H29F3N4O3. The number of hydrogen-bond acceptors (Lipinski definition) is 7. The second-order valence-corrected chi connectivity index (χ2v) is 8.17. The Morgan fingerprint density at radius 2 is 2.03 bits per heavy atom. The minimum absolute atomic E-state index is 0.137. The molecule has 3 N–H and O–H groups in total. The highest BCUT2D eigenvalue weighted by atomic mass is 19.4. The van der Waals surface area contributed by atoms with Crippen molar-refractivity contribution in [1.82, 2.24) is 9.88 Å². The van der Waals surface area contributed by atoms with Crippen LogP contribution < -0.4 is 11.1 Å². The minimum Gasteiger partial charge on any atom is -0.385 e. The molecule has 3 rings (SSSR count). The number of ether oxygens (including phenoxy) is 1. The number of aryl methyl sites for hydroxylation is 2. The molecule has 0 saturated heterocycles. The fourth-order valence-electron chi connectivity index (χ4n) is 3.69. The van der Waals surface area contributed by atoms with E-state index in [0.717, 1.165) is 69.5 Å². The average molecular weight is 442 g/mol. The molecule has 172 valence electrons. The number of aromatic nitrogens is 1. The number of rotatable bonds is 10. The number of nitrogens with one attached hydrogen (secondary N) is 1. The monoisotopic (exact) mass is 442 g/mol. The van der Waals surface area contributed by atoms with Crippen LogP contribution in [0.25, 0.3) is 0 Å². The van der Waals surface area contributed by atoms with Gasteiger partial charge in [-0.05, 0) is 69.5 Å². The van der Waals surface area contributed by atoms with Gasteiger partial charge in [0, 0.05) is 24.8 Å². The van der Waals surface area contributed by atoms with E-state index in [2.05, 4.69) is 27.1 Å². The Labute approximate surface area is 179 Å². The van der Waals surface area contributed by atoms with Crippen LogP contribution in [0.5, 0.6) is 0 Å². The predicted molar refractivity (Wildman–Crippen MR) is 108 cm³/mol. The fourth-order valence-corrected chi connectivity index (χ4v) is 3.69. The van der Waals surface area contributed by atoms with Crippen molar-refractivity contribution >= 4 is 17.8 Å². The molecule has 1 unspecified atom stereocenters. The molecule has 0 radical (unpaired) electrons. The first-order chi connectivity index (χ1) is 14.7. The zero-order valence-corrected chi connectivity index (χ0v) is 17.4. The molecular weight excluding hydrogens is 413 g/mol. The van der Waals surface area contributed by atoms with Gasteiger partial charge in [-0.25, -0.2) is 14.6 Å². The molecule has 1 fully saturated rings. The van der Waals surface area contributed by atoms with Gasteiger partial charge in [0.1, 0.15) is 11.9 Å². The normalized spacial score (nSPS) is 17.1. The van der Waals surface area contributed by atoms with Gasteiger partial charge in [0.15, 0.2) is 0 Å². The van der Waals surface area contributed by atoms with Gasteiger partial charge in [-0.2, -0.15) is 13.2 Å². The molecule has 1 aromatic rings. The molecule has 0 amide bonds.